The van der Waals surface area contributed by atoms with Gasteiger partial charge in [0.2, 0.25) is 5.91 Å². The first kappa shape index (κ1) is 23.4. The Morgan fingerprint density at radius 2 is 1.91 bits per heavy atom. The zero-order valence-corrected chi connectivity index (χ0v) is 19.9. The van der Waals surface area contributed by atoms with Crippen LogP contribution < -0.4 is 5.32 Å². The van der Waals surface area contributed by atoms with Gasteiger partial charge >= 0.3 is 5.97 Å². The molecule has 0 saturated heterocycles. The standard InChI is InChI=1S/C26H25N3O4S/c1-16-8-9-17(2)22(12-16)28-23(30)13-24-27-19(15-34-24)14-33-25(31)10-11-29-18(3)20-6-4-5-7-21(20)26(29)32/h4-9,12,15H,3,10-11,13-14H2,1-2H3,(H,28,30). The predicted octanol–water partition coefficient (Wildman–Crippen LogP) is 4.50. The monoisotopic (exact) mass is 475 g/mol. The number of thiazole rings is 1. The summed E-state index contributed by atoms with van der Waals surface area (Å²) in [7, 11) is 0. The van der Waals surface area contributed by atoms with Gasteiger partial charge in [0, 0.05) is 34.4 Å². The summed E-state index contributed by atoms with van der Waals surface area (Å²) in [5, 5.41) is 5.34. The normalized spacial score (nSPS) is 12.6. The van der Waals surface area contributed by atoms with E-state index >= 15 is 0 Å². The second kappa shape index (κ2) is 10.0. The molecule has 0 atom stereocenters. The average molecular weight is 476 g/mol. The second-order valence-electron chi connectivity index (χ2n) is 8.14. The van der Waals surface area contributed by atoms with Crippen LogP contribution in [0.1, 0.15) is 44.2 Å². The fraction of sp³-hybridized carbons (Fsp3) is 0.231. The molecular formula is C26H25N3O4S. The van der Waals surface area contributed by atoms with Gasteiger partial charge in [-0.2, -0.15) is 0 Å². The molecule has 0 bridgehead atoms. The van der Waals surface area contributed by atoms with Crippen LogP contribution in [0.2, 0.25) is 0 Å². The number of nitrogens with zero attached hydrogens (tertiary/aromatic N) is 2. The first-order chi connectivity index (χ1) is 16.3. The van der Waals surface area contributed by atoms with Crippen LogP contribution in [0.15, 0.2) is 54.4 Å². The van der Waals surface area contributed by atoms with E-state index in [1.54, 1.807) is 17.5 Å². The lowest BCUT2D eigenvalue weighted by atomic mass is 10.1. The van der Waals surface area contributed by atoms with Crippen LogP contribution in [0.25, 0.3) is 5.70 Å². The first-order valence-electron chi connectivity index (χ1n) is 10.9. The highest BCUT2D eigenvalue weighted by Gasteiger charge is 2.30. The molecule has 1 aliphatic heterocycles. The second-order valence-corrected chi connectivity index (χ2v) is 9.08. The summed E-state index contributed by atoms with van der Waals surface area (Å²) in [6.45, 7) is 8.11. The van der Waals surface area contributed by atoms with E-state index in [1.807, 2.05) is 44.2 Å². The zero-order chi connectivity index (χ0) is 24.2. The van der Waals surface area contributed by atoms with Crippen molar-refractivity contribution in [3.05, 3.63) is 87.4 Å². The molecule has 0 radical (unpaired) electrons. The topological polar surface area (TPSA) is 88.6 Å². The number of carbonyl (C=O) groups is 3. The van der Waals surface area contributed by atoms with E-state index in [4.69, 9.17) is 4.74 Å². The number of carbonyl (C=O) groups excluding carboxylic acids is 3. The molecule has 1 aromatic heterocycles. The number of hydrogen-bond acceptors (Lipinski definition) is 6. The summed E-state index contributed by atoms with van der Waals surface area (Å²) in [6, 6.07) is 13.2. The number of nitrogens with one attached hydrogen (secondary N) is 1. The van der Waals surface area contributed by atoms with Gasteiger partial charge in [0.1, 0.15) is 11.6 Å². The fourth-order valence-corrected chi connectivity index (χ4v) is 4.48. The Hall–Kier alpha value is -3.78. The molecule has 0 fully saturated rings. The molecule has 174 valence electrons. The average Bonchev–Trinajstić information content (AvgIpc) is 3.36. The quantitative estimate of drug-likeness (QED) is 0.485. The molecule has 3 aromatic rings. The van der Waals surface area contributed by atoms with Gasteiger partial charge in [-0.25, -0.2) is 4.98 Å². The molecule has 1 aliphatic rings. The van der Waals surface area contributed by atoms with Gasteiger partial charge in [-0.1, -0.05) is 36.9 Å². The van der Waals surface area contributed by atoms with Gasteiger partial charge in [-0.15, -0.1) is 11.3 Å². The summed E-state index contributed by atoms with van der Waals surface area (Å²) in [5.41, 5.74) is 5.42. The maximum absolute atomic E-state index is 12.5. The van der Waals surface area contributed by atoms with E-state index < -0.39 is 5.97 Å². The first-order valence-corrected chi connectivity index (χ1v) is 11.8. The van der Waals surface area contributed by atoms with E-state index in [-0.39, 0.29) is 37.8 Å². The smallest absolute Gasteiger partial charge is 0.307 e. The molecule has 0 aliphatic carbocycles. The highest BCUT2D eigenvalue weighted by Crippen LogP contribution is 2.31. The van der Waals surface area contributed by atoms with Crippen molar-refractivity contribution in [3.63, 3.8) is 0 Å². The van der Waals surface area contributed by atoms with E-state index in [9.17, 15) is 14.4 Å². The highest BCUT2D eigenvalue weighted by molar-refractivity contribution is 7.09. The molecule has 0 saturated carbocycles. The Kier molecular flexibility index (Phi) is 6.88. The Labute approximate surface area is 202 Å². The number of esters is 1. The lowest BCUT2D eigenvalue weighted by molar-refractivity contribution is -0.145. The molecule has 2 heterocycles. The third-order valence-electron chi connectivity index (χ3n) is 5.54. The minimum atomic E-state index is -0.432. The van der Waals surface area contributed by atoms with Crippen molar-refractivity contribution in [2.45, 2.75) is 33.3 Å². The number of ether oxygens (including phenoxy) is 1. The van der Waals surface area contributed by atoms with Gasteiger partial charge < -0.3 is 15.0 Å². The maximum atomic E-state index is 12.5. The molecule has 7 nitrogen and oxygen atoms in total. The fourth-order valence-electron chi connectivity index (χ4n) is 3.70. The SMILES string of the molecule is C=C1c2ccccc2C(=O)N1CCC(=O)OCc1csc(CC(=O)Nc2cc(C)ccc2C)n1. The number of anilines is 1. The van der Waals surface area contributed by atoms with E-state index in [0.29, 0.717) is 22.0 Å². The Balaban J connectivity index is 1.23. The van der Waals surface area contributed by atoms with Crippen molar-refractivity contribution in [2.75, 3.05) is 11.9 Å². The van der Waals surface area contributed by atoms with Crippen LogP contribution in [0.5, 0.6) is 0 Å². The Bertz CT molecular complexity index is 1250. The summed E-state index contributed by atoms with van der Waals surface area (Å²) < 4.78 is 5.32. The summed E-state index contributed by atoms with van der Waals surface area (Å²) in [6.07, 6.45) is 0.194. The number of hydrogen-bond donors (Lipinski definition) is 1. The minimum Gasteiger partial charge on any atom is -0.459 e. The van der Waals surface area contributed by atoms with Crippen LogP contribution in [0.4, 0.5) is 5.69 Å². The van der Waals surface area contributed by atoms with Crippen molar-refractivity contribution < 1.29 is 19.1 Å². The molecule has 2 amide bonds. The van der Waals surface area contributed by atoms with E-state index in [2.05, 4.69) is 16.9 Å². The van der Waals surface area contributed by atoms with Crippen LogP contribution in [0, 0.1) is 13.8 Å². The van der Waals surface area contributed by atoms with Crippen LogP contribution in [-0.4, -0.2) is 34.2 Å². The van der Waals surface area contributed by atoms with Crippen LogP contribution >= 0.6 is 11.3 Å². The van der Waals surface area contributed by atoms with Crippen molar-refractivity contribution in [1.82, 2.24) is 9.88 Å². The van der Waals surface area contributed by atoms with Crippen molar-refractivity contribution in [2.24, 2.45) is 0 Å². The van der Waals surface area contributed by atoms with Gasteiger partial charge in [0.05, 0.1) is 18.5 Å². The molecule has 0 spiro atoms. The number of aromatic nitrogens is 1. The molecule has 0 unspecified atom stereocenters. The van der Waals surface area contributed by atoms with Gasteiger partial charge in [0.25, 0.3) is 5.91 Å². The highest BCUT2D eigenvalue weighted by atomic mass is 32.1. The zero-order valence-electron chi connectivity index (χ0n) is 19.1. The maximum Gasteiger partial charge on any atom is 0.307 e. The van der Waals surface area contributed by atoms with Gasteiger partial charge in [-0.05, 0) is 37.1 Å². The molecular weight excluding hydrogens is 450 g/mol. The number of amides is 2. The number of rotatable bonds is 8. The third-order valence-corrected chi connectivity index (χ3v) is 6.44. The molecule has 8 heteroatoms. The van der Waals surface area contributed by atoms with Crippen molar-refractivity contribution >= 4 is 40.5 Å². The summed E-state index contributed by atoms with van der Waals surface area (Å²) in [5.74, 6) is -0.737. The molecule has 34 heavy (non-hydrogen) atoms. The van der Waals surface area contributed by atoms with Crippen LogP contribution in [0.3, 0.4) is 0 Å². The van der Waals surface area contributed by atoms with Gasteiger partial charge in [0.15, 0.2) is 0 Å². The molecule has 2 aromatic carbocycles. The number of fused-ring (bicyclic) bond motifs is 1. The Morgan fingerprint density at radius 3 is 2.68 bits per heavy atom. The predicted molar refractivity (Wildman–Crippen MR) is 131 cm³/mol. The number of aryl methyl sites for hydroxylation is 2. The Morgan fingerprint density at radius 1 is 1.15 bits per heavy atom. The largest absolute Gasteiger partial charge is 0.459 e. The molecule has 1 N–H and O–H groups in total. The lowest BCUT2D eigenvalue weighted by Gasteiger charge is -2.16. The van der Waals surface area contributed by atoms with Crippen molar-refractivity contribution in [3.8, 4) is 0 Å². The van der Waals surface area contributed by atoms with Crippen molar-refractivity contribution in [1.29, 1.82) is 0 Å². The van der Waals surface area contributed by atoms with E-state index in [1.165, 1.54) is 16.2 Å². The molecule has 4 rings (SSSR count). The minimum absolute atomic E-state index is 0.0169. The number of benzene rings is 2. The summed E-state index contributed by atoms with van der Waals surface area (Å²) >= 11 is 1.35. The van der Waals surface area contributed by atoms with Crippen LogP contribution in [-0.2, 0) is 27.4 Å². The lowest BCUT2D eigenvalue weighted by Crippen LogP contribution is -2.26. The van der Waals surface area contributed by atoms with E-state index in [0.717, 1.165) is 22.4 Å². The third kappa shape index (κ3) is 5.23. The van der Waals surface area contributed by atoms with Gasteiger partial charge in [-0.3, -0.25) is 14.4 Å². The summed E-state index contributed by atoms with van der Waals surface area (Å²) in [4.78, 5) is 43.0.